The molecule has 0 radical (unpaired) electrons. The zero-order chi connectivity index (χ0) is 14.7. The predicted molar refractivity (Wildman–Crippen MR) is 79.5 cm³/mol. The monoisotopic (exact) mass is 285 g/mol. The maximum Gasteiger partial charge on any atom is 0.254 e. The van der Waals surface area contributed by atoms with E-state index in [1.54, 1.807) is 11.0 Å². The van der Waals surface area contributed by atoms with Gasteiger partial charge in [0.05, 0.1) is 5.69 Å². The van der Waals surface area contributed by atoms with Crippen molar-refractivity contribution in [2.45, 2.75) is 13.3 Å². The molecule has 1 N–H and O–H groups in total. The molecule has 110 valence electrons. The van der Waals surface area contributed by atoms with Crippen molar-refractivity contribution in [3.63, 3.8) is 0 Å². The maximum absolute atomic E-state index is 12.6. The Bertz CT molecular complexity index is 615. The Labute approximate surface area is 123 Å². The topological polar surface area (TPSA) is 63.1 Å². The van der Waals surface area contributed by atoms with Crippen LogP contribution in [-0.4, -0.2) is 51.8 Å². The van der Waals surface area contributed by atoms with Crippen LogP contribution in [0.1, 0.15) is 22.3 Å². The van der Waals surface area contributed by atoms with E-state index in [9.17, 15) is 4.79 Å². The number of carbonyl (C=O) groups excluding carboxylic acids is 1. The molecule has 21 heavy (non-hydrogen) atoms. The molecular weight excluding hydrogens is 266 g/mol. The van der Waals surface area contributed by atoms with E-state index in [-0.39, 0.29) is 5.91 Å². The summed E-state index contributed by atoms with van der Waals surface area (Å²) in [6.45, 7) is 5.39. The Balaban J connectivity index is 1.83. The van der Waals surface area contributed by atoms with E-state index in [1.165, 1.54) is 6.33 Å². The van der Waals surface area contributed by atoms with Crippen molar-refractivity contribution >= 4 is 5.91 Å². The SMILES string of the molecule is Cc1cc(-n2cncn2)ccc1C(=O)N1CCCNCC1. The number of nitrogens with zero attached hydrogens (tertiary/aromatic N) is 4. The zero-order valence-electron chi connectivity index (χ0n) is 12.1. The van der Waals surface area contributed by atoms with E-state index < -0.39 is 0 Å². The van der Waals surface area contributed by atoms with E-state index in [0.717, 1.165) is 49.4 Å². The third-order valence-corrected chi connectivity index (χ3v) is 3.75. The number of rotatable bonds is 2. The van der Waals surface area contributed by atoms with Gasteiger partial charge in [0.2, 0.25) is 0 Å². The molecule has 2 aromatic rings. The van der Waals surface area contributed by atoms with E-state index in [4.69, 9.17) is 0 Å². The summed E-state index contributed by atoms with van der Waals surface area (Å²) in [5, 5.41) is 7.42. The number of aromatic nitrogens is 3. The average molecular weight is 285 g/mol. The van der Waals surface area contributed by atoms with E-state index in [0.29, 0.717) is 0 Å². The van der Waals surface area contributed by atoms with Crippen LogP contribution >= 0.6 is 0 Å². The molecule has 1 aromatic carbocycles. The molecule has 6 heteroatoms. The predicted octanol–water partition coefficient (Wildman–Crippen LogP) is 1.01. The fourth-order valence-electron chi connectivity index (χ4n) is 2.59. The quantitative estimate of drug-likeness (QED) is 0.894. The molecule has 0 unspecified atom stereocenters. The second kappa shape index (κ2) is 6.05. The Morgan fingerprint density at radius 1 is 1.29 bits per heavy atom. The summed E-state index contributed by atoms with van der Waals surface area (Å²) in [6, 6.07) is 5.76. The van der Waals surface area contributed by atoms with Crippen LogP contribution in [0.5, 0.6) is 0 Å². The Morgan fingerprint density at radius 2 is 2.19 bits per heavy atom. The van der Waals surface area contributed by atoms with Crippen LogP contribution < -0.4 is 5.32 Å². The number of aryl methyl sites for hydroxylation is 1. The lowest BCUT2D eigenvalue weighted by Gasteiger charge is -2.21. The Kier molecular flexibility index (Phi) is 3.96. The molecule has 0 spiro atoms. The second-order valence-corrected chi connectivity index (χ2v) is 5.24. The highest BCUT2D eigenvalue weighted by Crippen LogP contribution is 2.16. The normalized spacial score (nSPS) is 15.8. The summed E-state index contributed by atoms with van der Waals surface area (Å²) < 4.78 is 1.69. The molecule has 3 rings (SSSR count). The number of carbonyl (C=O) groups is 1. The molecule has 1 saturated heterocycles. The van der Waals surface area contributed by atoms with Crippen molar-refractivity contribution in [1.82, 2.24) is 25.0 Å². The molecule has 1 fully saturated rings. The van der Waals surface area contributed by atoms with Crippen molar-refractivity contribution in [2.75, 3.05) is 26.2 Å². The molecule has 1 aromatic heterocycles. The highest BCUT2D eigenvalue weighted by atomic mass is 16.2. The number of hydrogen-bond acceptors (Lipinski definition) is 4. The second-order valence-electron chi connectivity index (χ2n) is 5.24. The number of nitrogens with one attached hydrogen (secondary N) is 1. The minimum atomic E-state index is 0.112. The third kappa shape index (κ3) is 2.95. The highest BCUT2D eigenvalue weighted by Gasteiger charge is 2.18. The van der Waals surface area contributed by atoms with Gasteiger partial charge in [0, 0.05) is 25.2 Å². The number of amides is 1. The minimum absolute atomic E-state index is 0.112. The zero-order valence-corrected chi connectivity index (χ0v) is 12.1. The van der Waals surface area contributed by atoms with Crippen LogP contribution in [0.3, 0.4) is 0 Å². The molecule has 6 nitrogen and oxygen atoms in total. The lowest BCUT2D eigenvalue weighted by atomic mass is 10.1. The van der Waals surface area contributed by atoms with Crippen molar-refractivity contribution in [2.24, 2.45) is 0 Å². The van der Waals surface area contributed by atoms with Gasteiger partial charge in [-0.15, -0.1) is 0 Å². The van der Waals surface area contributed by atoms with Crippen molar-refractivity contribution in [3.8, 4) is 5.69 Å². The maximum atomic E-state index is 12.6. The summed E-state index contributed by atoms with van der Waals surface area (Å²) >= 11 is 0. The van der Waals surface area contributed by atoms with Gasteiger partial charge in [0.15, 0.2) is 0 Å². The summed E-state index contributed by atoms with van der Waals surface area (Å²) in [6.07, 6.45) is 4.15. The molecule has 2 heterocycles. The molecular formula is C15H19N5O. The highest BCUT2D eigenvalue weighted by molar-refractivity contribution is 5.96. The minimum Gasteiger partial charge on any atom is -0.337 e. The van der Waals surface area contributed by atoms with E-state index >= 15 is 0 Å². The van der Waals surface area contributed by atoms with Crippen molar-refractivity contribution in [1.29, 1.82) is 0 Å². The van der Waals surface area contributed by atoms with Crippen LogP contribution in [0.2, 0.25) is 0 Å². The summed E-state index contributed by atoms with van der Waals surface area (Å²) in [5.74, 6) is 0.112. The number of hydrogen-bond donors (Lipinski definition) is 1. The Hall–Kier alpha value is -2.21. The standard InChI is InChI=1S/C15H19N5O/c1-12-9-13(20-11-17-10-18-20)3-4-14(12)15(21)19-7-2-5-16-6-8-19/h3-4,9-11,16H,2,5-8H2,1H3. The molecule has 1 aliphatic rings. The first-order chi connectivity index (χ1) is 10.3. The van der Waals surface area contributed by atoms with Gasteiger partial charge < -0.3 is 10.2 Å². The molecule has 0 bridgehead atoms. The smallest absolute Gasteiger partial charge is 0.254 e. The number of benzene rings is 1. The van der Waals surface area contributed by atoms with Gasteiger partial charge in [-0.05, 0) is 43.7 Å². The Morgan fingerprint density at radius 3 is 2.95 bits per heavy atom. The van der Waals surface area contributed by atoms with Crippen LogP contribution in [0.25, 0.3) is 5.69 Å². The molecule has 0 saturated carbocycles. The van der Waals surface area contributed by atoms with Crippen LogP contribution in [0, 0.1) is 6.92 Å². The lowest BCUT2D eigenvalue weighted by Crippen LogP contribution is -2.34. The van der Waals surface area contributed by atoms with Gasteiger partial charge >= 0.3 is 0 Å². The van der Waals surface area contributed by atoms with E-state index in [2.05, 4.69) is 15.4 Å². The van der Waals surface area contributed by atoms with Gasteiger partial charge in [-0.2, -0.15) is 5.10 Å². The molecule has 0 aliphatic carbocycles. The van der Waals surface area contributed by atoms with Crippen molar-refractivity contribution < 1.29 is 4.79 Å². The van der Waals surface area contributed by atoms with Gasteiger partial charge in [0.1, 0.15) is 12.7 Å². The molecule has 1 amide bonds. The van der Waals surface area contributed by atoms with Gasteiger partial charge in [-0.25, -0.2) is 9.67 Å². The molecule has 0 atom stereocenters. The van der Waals surface area contributed by atoms with Gasteiger partial charge in [-0.1, -0.05) is 0 Å². The largest absolute Gasteiger partial charge is 0.337 e. The first kappa shape index (κ1) is 13.8. The van der Waals surface area contributed by atoms with Gasteiger partial charge in [-0.3, -0.25) is 4.79 Å². The van der Waals surface area contributed by atoms with Gasteiger partial charge in [0.25, 0.3) is 5.91 Å². The summed E-state index contributed by atoms with van der Waals surface area (Å²) in [4.78, 5) is 18.5. The van der Waals surface area contributed by atoms with Crippen molar-refractivity contribution in [3.05, 3.63) is 42.0 Å². The first-order valence-corrected chi connectivity index (χ1v) is 7.21. The third-order valence-electron chi connectivity index (χ3n) is 3.75. The molecule has 1 aliphatic heterocycles. The van der Waals surface area contributed by atoms with Crippen LogP contribution in [-0.2, 0) is 0 Å². The van der Waals surface area contributed by atoms with Crippen LogP contribution in [0.15, 0.2) is 30.9 Å². The summed E-state index contributed by atoms with van der Waals surface area (Å²) in [5.41, 5.74) is 2.64. The fourth-order valence-corrected chi connectivity index (χ4v) is 2.59. The average Bonchev–Trinajstić information content (AvgIpc) is 2.89. The van der Waals surface area contributed by atoms with E-state index in [1.807, 2.05) is 30.0 Å². The van der Waals surface area contributed by atoms with Crippen LogP contribution in [0.4, 0.5) is 0 Å². The first-order valence-electron chi connectivity index (χ1n) is 7.21. The summed E-state index contributed by atoms with van der Waals surface area (Å²) in [7, 11) is 0. The lowest BCUT2D eigenvalue weighted by molar-refractivity contribution is 0.0765. The fraction of sp³-hybridized carbons (Fsp3) is 0.400.